The summed E-state index contributed by atoms with van der Waals surface area (Å²) in [6.45, 7) is 10.5. The van der Waals surface area contributed by atoms with E-state index in [9.17, 15) is 24.0 Å². The molecule has 4 aromatic rings. The van der Waals surface area contributed by atoms with Crippen LogP contribution in [0, 0.1) is 18.8 Å². The zero-order valence-corrected chi connectivity index (χ0v) is 34.9. The number of aromatic nitrogens is 1. The molecule has 4 heterocycles. The van der Waals surface area contributed by atoms with Crippen LogP contribution in [0.5, 0.6) is 0 Å². The minimum atomic E-state index is -0.756. The Balaban J connectivity index is 1.09. The first-order chi connectivity index (χ1) is 28.3. The van der Waals surface area contributed by atoms with Crippen molar-refractivity contribution in [1.29, 1.82) is 0 Å². The number of alkyl carbamates (subject to hydrolysis) is 2. The SMILES string of the molecule is COC(=O)N[C@H](C(=O)N1CCCC1c1[nH]c2cc(-c3ccc4cc(C5=CN=C([C@@H]6CCCN6C(=O)[C@@H](NC(=O)OC)C(C)C)C5)ccc4c3)ccc2c(=O)c1C)C(C)C. The third kappa shape index (κ3) is 8.20. The summed E-state index contributed by atoms with van der Waals surface area (Å²) in [5, 5.41) is 8.14. The van der Waals surface area contributed by atoms with E-state index in [2.05, 4.69) is 52.0 Å². The lowest BCUT2D eigenvalue weighted by Crippen LogP contribution is -2.53. The van der Waals surface area contributed by atoms with Crippen molar-refractivity contribution in [3.8, 4) is 11.1 Å². The molecule has 3 aliphatic heterocycles. The predicted molar refractivity (Wildman–Crippen MR) is 229 cm³/mol. The van der Waals surface area contributed by atoms with Gasteiger partial charge in [-0.3, -0.25) is 19.4 Å². The Hall–Kier alpha value is -5.98. The molecule has 59 heavy (non-hydrogen) atoms. The van der Waals surface area contributed by atoms with Gasteiger partial charge in [0.2, 0.25) is 11.8 Å². The maximum absolute atomic E-state index is 13.8. The second-order valence-corrected chi connectivity index (χ2v) is 16.6. The van der Waals surface area contributed by atoms with E-state index in [0.717, 1.165) is 58.0 Å². The van der Waals surface area contributed by atoms with Gasteiger partial charge in [-0.2, -0.15) is 0 Å². The number of nitrogens with one attached hydrogen (secondary N) is 3. The normalized spacial score (nSPS) is 18.9. The molecule has 7 rings (SSSR count). The minimum Gasteiger partial charge on any atom is -0.453 e. The Morgan fingerprint density at radius 1 is 0.746 bits per heavy atom. The Bertz CT molecular complexity index is 2430. The summed E-state index contributed by atoms with van der Waals surface area (Å²) in [7, 11) is 2.57. The smallest absolute Gasteiger partial charge is 0.407 e. The number of carbonyl (C=O) groups excluding carboxylic acids is 4. The fourth-order valence-corrected chi connectivity index (χ4v) is 8.84. The van der Waals surface area contributed by atoms with E-state index in [1.807, 2.05) is 57.0 Å². The number of benzene rings is 3. The van der Waals surface area contributed by atoms with Gasteiger partial charge < -0.3 is 34.9 Å². The lowest BCUT2D eigenvalue weighted by Gasteiger charge is -2.31. The fraction of sp³-hybridized carbons (Fsp3) is 0.435. The number of hydrogen-bond acceptors (Lipinski definition) is 8. The van der Waals surface area contributed by atoms with Gasteiger partial charge in [-0.25, -0.2) is 9.59 Å². The number of rotatable bonds is 10. The zero-order chi connectivity index (χ0) is 42.1. The second kappa shape index (κ2) is 17.1. The first-order valence-electron chi connectivity index (χ1n) is 20.6. The summed E-state index contributed by atoms with van der Waals surface area (Å²) in [5.41, 5.74) is 6.98. The number of likely N-dealkylation sites (tertiary alicyclic amines) is 2. The number of pyridine rings is 1. The van der Waals surface area contributed by atoms with Gasteiger partial charge in [-0.15, -0.1) is 0 Å². The maximum Gasteiger partial charge on any atom is 0.407 e. The molecule has 2 saturated heterocycles. The first-order valence-corrected chi connectivity index (χ1v) is 20.6. The molecule has 0 saturated carbocycles. The molecular weight excluding hydrogens is 749 g/mol. The number of fused-ring (bicyclic) bond motifs is 2. The van der Waals surface area contributed by atoms with Crippen LogP contribution in [-0.2, 0) is 19.1 Å². The summed E-state index contributed by atoms with van der Waals surface area (Å²) >= 11 is 0. The number of amides is 4. The van der Waals surface area contributed by atoms with Crippen LogP contribution in [0.1, 0.15) is 82.7 Å². The third-order valence-electron chi connectivity index (χ3n) is 12.2. The van der Waals surface area contributed by atoms with Gasteiger partial charge >= 0.3 is 12.2 Å². The average molecular weight is 803 g/mol. The molecule has 310 valence electrons. The Morgan fingerprint density at radius 3 is 1.86 bits per heavy atom. The van der Waals surface area contributed by atoms with Crippen molar-refractivity contribution in [3.05, 3.63) is 87.8 Å². The van der Waals surface area contributed by atoms with Crippen LogP contribution in [0.4, 0.5) is 9.59 Å². The van der Waals surface area contributed by atoms with E-state index < -0.39 is 24.3 Å². The van der Waals surface area contributed by atoms with E-state index in [1.165, 1.54) is 14.2 Å². The molecule has 3 aliphatic rings. The summed E-state index contributed by atoms with van der Waals surface area (Å²) < 4.78 is 9.57. The number of H-pyrrole nitrogens is 1. The Morgan fingerprint density at radius 2 is 1.27 bits per heavy atom. The van der Waals surface area contributed by atoms with E-state index in [-0.39, 0.29) is 41.2 Å². The molecule has 3 aromatic carbocycles. The summed E-state index contributed by atoms with van der Waals surface area (Å²) in [6.07, 6.45) is 4.44. The molecule has 0 spiro atoms. The predicted octanol–water partition coefficient (Wildman–Crippen LogP) is 7.26. The quantitative estimate of drug-likeness (QED) is 0.152. The van der Waals surface area contributed by atoms with Crippen molar-refractivity contribution >= 4 is 57.0 Å². The molecule has 13 nitrogen and oxygen atoms in total. The van der Waals surface area contributed by atoms with Crippen molar-refractivity contribution in [3.63, 3.8) is 0 Å². The van der Waals surface area contributed by atoms with E-state index in [0.29, 0.717) is 48.1 Å². The molecule has 3 N–H and O–H groups in total. The molecule has 4 atom stereocenters. The highest BCUT2D eigenvalue weighted by Crippen LogP contribution is 2.36. The minimum absolute atomic E-state index is 0.0744. The molecule has 0 bridgehead atoms. The van der Waals surface area contributed by atoms with Crippen molar-refractivity contribution in [2.24, 2.45) is 16.8 Å². The van der Waals surface area contributed by atoms with Crippen molar-refractivity contribution in [1.82, 2.24) is 25.4 Å². The fourth-order valence-electron chi connectivity index (χ4n) is 8.84. The molecule has 2 fully saturated rings. The van der Waals surface area contributed by atoms with Gasteiger partial charge in [0.05, 0.1) is 31.8 Å². The van der Waals surface area contributed by atoms with Crippen molar-refractivity contribution in [2.75, 3.05) is 27.3 Å². The lowest BCUT2D eigenvalue weighted by molar-refractivity contribution is -0.135. The van der Waals surface area contributed by atoms with Gasteiger partial charge in [0.25, 0.3) is 0 Å². The average Bonchev–Trinajstić information content (AvgIpc) is 4.04. The highest BCUT2D eigenvalue weighted by Gasteiger charge is 2.39. The molecule has 13 heteroatoms. The standard InChI is InChI=1S/C46H54N6O7/c1-25(2)39(49-45(56)58-6)43(54)51-18-8-10-37(51)36-23-33(24-47-36)31-15-14-28-20-30(13-12-29(28)21-31)32-16-17-34-35(22-32)48-41(27(5)42(34)53)38-11-9-19-52(38)44(55)40(26(3)4)50-46(57)59-7/h12-17,20-22,24-26,37-40H,8-11,18-19,23H2,1-7H3,(H,48,53)(H,49,56)(H,50,57)/t37-,38?,39-,40-/m0/s1. The van der Waals surface area contributed by atoms with Gasteiger partial charge in [0, 0.05) is 48.1 Å². The number of aromatic amines is 1. The number of allylic oxidation sites excluding steroid dienone is 1. The van der Waals surface area contributed by atoms with E-state index in [4.69, 9.17) is 14.5 Å². The Kier molecular flexibility index (Phi) is 11.9. The maximum atomic E-state index is 13.8. The van der Waals surface area contributed by atoms with Crippen LogP contribution >= 0.6 is 0 Å². The second-order valence-electron chi connectivity index (χ2n) is 16.6. The van der Waals surface area contributed by atoms with Crippen LogP contribution in [0.15, 0.2) is 70.6 Å². The van der Waals surface area contributed by atoms with Crippen molar-refractivity contribution < 1.29 is 28.7 Å². The highest BCUT2D eigenvalue weighted by atomic mass is 16.5. The molecule has 0 radical (unpaired) electrons. The molecule has 1 unspecified atom stereocenters. The number of methoxy groups -OCH3 is 2. The highest BCUT2D eigenvalue weighted by molar-refractivity contribution is 6.04. The molecular formula is C46H54N6O7. The van der Waals surface area contributed by atoms with Crippen LogP contribution < -0.4 is 16.1 Å². The van der Waals surface area contributed by atoms with E-state index >= 15 is 0 Å². The van der Waals surface area contributed by atoms with Crippen molar-refractivity contribution in [2.45, 2.75) is 90.9 Å². The lowest BCUT2D eigenvalue weighted by atomic mass is 9.94. The van der Waals surface area contributed by atoms with Crippen LogP contribution in [0.25, 0.3) is 38.4 Å². The number of ether oxygens (including phenoxy) is 2. The van der Waals surface area contributed by atoms with Crippen LogP contribution in [0.3, 0.4) is 0 Å². The zero-order valence-electron chi connectivity index (χ0n) is 34.9. The van der Waals surface area contributed by atoms with Crippen LogP contribution in [-0.4, -0.2) is 89.9 Å². The largest absolute Gasteiger partial charge is 0.453 e. The first kappa shape index (κ1) is 41.2. The molecule has 1 aromatic heterocycles. The van der Waals surface area contributed by atoms with Crippen LogP contribution in [0.2, 0.25) is 0 Å². The summed E-state index contributed by atoms with van der Waals surface area (Å²) in [5.74, 6) is -0.571. The number of carbonyl (C=O) groups is 4. The number of hydrogen-bond donors (Lipinski definition) is 3. The topological polar surface area (TPSA) is 162 Å². The van der Waals surface area contributed by atoms with Gasteiger partial charge in [0.1, 0.15) is 12.1 Å². The monoisotopic (exact) mass is 802 g/mol. The van der Waals surface area contributed by atoms with E-state index in [1.54, 1.807) is 11.8 Å². The summed E-state index contributed by atoms with van der Waals surface area (Å²) in [6, 6.07) is 16.7. The number of nitrogens with zero attached hydrogens (tertiary/aromatic N) is 3. The molecule has 0 aliphatic carbocycles. The Labute approximate surface area is 344 Å². The number of aliphatic imine (C=N–C) groups is 1. The summed E-state index contributed by atoms with van der Waals surface area (Å²) in [4.78, 5) is 77.3. The van der Waals surface area contributed by atoms with Gasteiger partial charge in [-0.1, -0.05) is 58.0 Å². The third-order valence-corrected chi connectivity index (χ3v) is 12.2. The molecule has 4 amide bonds. The van der Waals surface area contributed by atoms with Gasteiger partial charge in [0.15, 0.2) is 5.43 Å². The van der Waals surface area contributed by atoms with Gasteiger partial charge in [-0.05, 0) is 102 Å².